The van der Waals surface area contributed by atoms with E-state index in [-0.39, 0.29) is 71.1 Å². The monoisotopic (exact) mass is 1300 g/mol. The van der Waals surface area contributed by atoms with E-state index in [1.165, 1.54) is 87.7 Å². The van der Waals surface area contributed by atoms with E-state index in [4.69, 9.17) is 26.4 Å². The number of hydrogen-bond donors (Lipinski definition) is 5. The highest BCUT2D eigenvalue weighted by Crippen LogP contribution is 2.39. The number of nitrogens with one attached hydrogen (secondary N) is 2. The Kier molecular flexibility index (Phi) is 24.6. The Bertz CT molecular complexity index is 3730. The second-order valence-electron chi connectivity index (χ2n) is 18.6. The molecule has 6 N–H and O–H groups in total. The first kappa shape index (κ1) is 70.6. The summed E-state index contributed by atoms with van der Waals surface area (Å²) in [5.74, 6) is -4.33. The fourth-order valence-corrected chi connectivity index (χ4v) is 8.32. The van der Waals surface area contributed by atoms with Crippen LogP contribution in [0.5, 0.6) is 0 Å². The summed E-state index contributed by atoms with van der Waals surface area (Å²) < 4.78 is 149. The van der Waals surface area contributed by atoms with Crippen molar-refractivity contribution >= 4 is 35.7 Å². The number of alkyl halides is 6. The van der Waals surface area contributed by atoms with Crippen LogP contribution in [0.15, 0.2) is 137 Å². The third-order valence-electron chi connectivity index (χ3n) is 13.0. The molecule has 34 heteroatoms. The van der Waals surface area contributed by atoms with E-state index in [9.17, 15) is 54.1 Å². The molecule has 8 heterocycles. The molecule has 2 aromatic carbocycles. The summed E-state index contributed by atoms with van der Waals surface area (Å²) in [6, 6.07) is 18.8. The van der Waals surface area contributed by atoms with Crippen molar-refractivity contribution in [2.75, 3.05) is 45.1 Å². The van der Waals surface area contributed by atoms with Crippen molar-refractivity contribution in [3.63, 3.8) is 0 Å². The molecule has 0 amide bonds. The van der Waals surface area contributed by atoms with Crippen LogP contribution in [0.2, 0.25) is 5.15 Å². The molecule has 3 atom stereocenters. The van der Waals surface area contributed by atoms with Gasteiger partial charge in [-0.15, -0.1) is 12.4 Å². The summed E-state index contributed by atoms with van der Waals surface area (Å²) in [6.07, 6.45) is -0.564. The van der Waals surface area contributed by atoms with Crippen molar-refractivity contribution in [1.29, 1.82) is 0 Å². The van der Waals surface area contributed by atoms with Gasteiger partial charge >= 0.3 is 12.4 Å². The fraction of sp³-hybridized carbons (Fsp3) is 0.296. The van der Waals surface area contributed by atoms with Gasteiger partial charge < -0.3 is 52.2 Å². The lowest BCUT2D eigenvalue weighted by atomic mass is 10.0. The van der Waals surface area contributed by atoms with Crippen molar-refractivity contribution in [2.45, 2.75) is 57.4 Å². The maximum absolute atomic E-state index is 14.6. The molecule has 3 unspecified atom stereocenters. The molecule has 7 aromatic heterocycles. The van der Waals surface area contributed by atoms with Gasteiger partial charge in [0.1, 0.15) is 53.1 Å². The summed E-state index contributed by atoms with van der Waals surface area (Å²) in [7, 11) is 2.72. The fourth-order valence-electron chi connectivity index (χ4n) is 8.19. The number of hydrogen-bond acceptors (Lipinski definition) is 17. The number of likely N-dealkylation sites (N-methyl/N-ethyl adjacent to an activating group) is 1. The number of imidazole rings is 1. The molecule has 0 fully saturated rings. The first-order chi connectivity index (χ1) is 40.9. The predicted molar refractivity (Wildman–Crippen MR) is 299 cm³/mol. The van der Waals surface area contributed by atoms with E-state index in [0.29, 0.717) is 39.6 Å². The first-order valence-electron chi connectivity index (χ1n) is 25.8. The molecule has 1 aliphatic rings. The van der Waals surface area contributed by atoms with Crippen LogP contribution in [0, 0.1) is 23.3 Å². The largest absolute Gasteiger partial charge is 1.00 e. The molecular formula is C54H56Cl3F10N17O4. The number of benzene rings is 2. The van der Waals surface area contributed by atoms with Gasteiger partial charge in [0.2, 0.25) is 11.4 Å². The molecule has 10 rings (SSSR count). The maximum Gasteiger partial charge on any atom is 0.429 e. The Morgan fingerprint density at radius 3 is 1.56 bits per heavy atom. The van der Waals surface area contributed by atoms with Crippen molar-refractivity contribution < 1.29 is 80.5 Å². The second-order valence-corrected chi connectivity index (χ2v) is 18.9. The highest BCUT2D eigenvalue weighted by molar-refractivity contribution is 6.29. The van der Waals surface area contributed by atoms with Gasteiger partial charge in [0.15, 0.2) is 40.1 Å². The number of aryl methyl sites for hydroxylation is 1. The highest BCUT2D eigenvalue weighted by Gasteiger charge is 2.61. The van der Waals surface area contributed by atoms with Crippen LogP contribution < -0.4 is 28.4 Å². The molecule has 472 valence electrons. The molecule has 1 aliphatic heterocycles. The summed E-state index contributed by atoms with van der Waals surface area (Å²) in [5, 5.41) is 38.4. The Balaban J connectivity index is 0.000000247. The Hall–Kier alpha value is -8.17. The average Bonchev–Trinajstić information content (AvgIpc) is 3.00. The standard InChI is InChI=1S/C24H19F5N8O2.C17H10ClF2N5O.C7H10F3N3O.C6H15N.2ClH/c1-36-8-7-30-22(36)23(38,24(27,28)29)13-32-20-16(26)11-31-21(33-20)18-10-19(17-6-9-39-35-17)37(34-18)12-14-4-2-3-5-15(14)25;18-16-12(20)8-21-17(22-16)14-7-15(13-5-6-26-24-13)25(23-14)9-10-3-1-2-4-11(10)19;1-13-3-2-12-5(13)6(14,4-11)7(8,9)10;1-4-7(5-2)6-3;;/h2-11,38H,12-13H2,1H3,(H,31,32,33);1-8H,9H2;2-3,14H,4,11H2,1H3;4-6H2,1-3H3;2*1H. The van der Waals surface area contributed by atoms with Crippen LogP contribution in [0.25, 0.3) is 45.8 Å². The molecule has 0 spiro atoms. The predicted octanol–water partition coefficient (Wildman–Crippen LogP) is 5.30. The normalized spacial score (nSPS) is 14.2. The lowest BCUT2D eigenvalue weighted by molar-refractivity contribution is -0.725. The zero-order valence-corrected chi connectivity index (χ0v) is 49.3. The first-order valence-corrected chi connectivity index (χ1v) is 26.2. The quantitative estimate of drug-likeness (QED) is 0.0573. The number of aliphatic hydroxyl groups is 2. The number of anilines is 1. The lowest BCUT2D eigenvalue weighted by Crippen LogP contribution is -3.09. The van der Waals surface area contributed by atoms with E-state index >= 15 is 0 Å². The van der Waals surface area contributed by atoms with E-state index < -0.39 is 71.6 Å². The van der Waals surface area contributed by atoms with Gasteiger partial charge in [0.05, 0.1) is 56.7 Å². The Morgan fingerprint density at radius 2 is 1.17 bits per heavy atom. The molecule has 0 saturated heterocycles. The van der Waals surface area contributed by atoms with Gasteiger partial charge in [-0.2, -0.15) is 36.5 Å². The van der Waals surface area contributed by atoms with E-state index in [2.05, 4.69) is 81.4 Å². The number of nitrogens with zero attached hydrogens (tertiary/aromatic N) is 14. The van der Waals surface area contributed by atoms with Gasteiger partial charge in [-0.3, -0.25) is 14.3 Å². The van der Waals surface area contributed by atoms with Gasteiger partial charge in [-0.25, -0.2) is 47.5 Å². The van der Waals surface area contributed by atoms with E-state index in [1.807, 2.05) is 0 Å². The van der Waals surface area contributed by atoms with Gasteiger partial charge in [0.25, 0.3) is 5.60 Å². The van der Waals surface area contributed by atoms with E-state index in [1.54, 1.807) is 59.3 Å². The number of rotatable bonds is 17. The molecule has 0 bridgehead atoms. The topological polar surface area (TPSA) is 256 Å². The number of quaternary nitrogens is 1. The summed E-state index contributed by atoms with van der Waals surface area (Å²) in [5.41, 5.74) is 1.49. The van der Waals surface area contributed by atoms with Crippen molar-refractivity contribution in [3.8, 4) is 45.8 Å². The van der Waals surface area contributed by atoms with Gasteiger partial charge in [-0.05, 0) is 43.9 Å². The number of aromatic nitrogens is 12. The van der Waals surface area contributed by atoms with Crippen LogP contribution in [0.4, 0.5) is 49.7 Å². The molecule has 0 aliphatic carbocycles. The Morgan fingerprint density at radius 1 is 0.682 bits per heavy atom. The average molecular weight is 1300 g/mol. The van der Waals surface area contributed by atoms with Crippen LogP contribution in [0.3, 0.4) is 0 Å². The second kappa shape index (κ2) is 30.6. The molecule has 9 aromatic rings. The third kappa shape index (κ3) is 16.5. The maximum atomic E-state index is 14.6. The molecule has 0 saturated carbocycles. The van der Waals surface area contributed by atoms with Crippen LogP contribution in [-0.2, 0) is 25.7 Å². The summed E-state index contributed by atoms with van der Waals surface area (Å²) in [4.78, 5) is 25.4. The van der Waals surface area contributed by atoms with E-state index in [0.717, 1.165) is 23.2 Å². The van der Waals surface area contributed by atoms with Crippen molar-refractivity contribution in [2.24, 2.45) is 17.8 Å². The van der Waals surface area contributed by atoms with Crippen molar-refractivity contribution in [1.82, 2.24) is 64.3 Å². The number of halogens is 13. The number of aliphatic imine (C=N–C) groups is 1. The third-order valence-corrected chi connectivity index (χ3v) is 13.3. The lowest BCUT2D eigenvalue weighted by Gasteiger charge is -2.30. The minimum Gasteiger partial charge on any atom is -1.00 e. The minimum atomic E-state index is -5.15. The van der Waals surface area contributed by atoms with Crippen LogP contribution in [-0.4, -0.2) is 138 Å². The summed E-state index contributed by atoms with van der Waals surface area (Å²) in [6.45, 7) is 8.14. The van der Waals surface area contributed by atoms with Gasteiger partial charge in [-0.1, -0.05) is 79.1 Å². The van der Waals surface area contributed by atoms with Gasteiger partial charge in [0, 0.05) is 49.2 Å². The molecule has 0 radical (unpaired) electrons. The zero-order chi connectivity index (χ0) is 62.6. The van der Waals surface area contributed by atoms with Crippen molar-refractivity contribution in [3.05, 3.63) is 168 Å². The smallest absolute Gasteiger partial charge is 0.429 e. The highest BCUT2D eigenvalue weighted by atomic mass is 35.5. The van der Waals surface area contributed by atoms with Crippen LogP contribution >= 0.6 is 24.0 Å². The number of nitrogens with two attached hydrogens (primary N) is 1. The Labute approximate surface area is 512 Å². The number of amidine groups is 1. The SMILES string of the molecule is CCN(CC)CC.C[NH+]1C=CN=C1C(O)(CN)C(F)(F)F.Cl.Cn1ccnc1C(O)(CNc1nc(-c2cc(-c3ccon3)n(Cc3ccccc3F)n2)ncc1F)C(F)(F)F.Fc1ccccc1Cn1nc(-c2ncc(F)c(Cl)n2)cc1-c1ccon1.[Cl-]. The van der Waals surface area contributed by atoms with Crippen LogP contribution in [0.1, 0.15) is 37.7 Å². The minimum absolute atomic E-state index is 0. The molecule has 21 nitrogen and oxygen atoms in total. The zero-order valence-electron chi connectivity index (χ0n) is 47.0. The summed E-state index contributed by atoms with van der Waals surface area (Å²) >= 11 is 5.72. The molecule has 88 heavy (non-hydrogen) atoms. The molecular weight excluding hydrogens is 1250 g/mol.